The van der Waals surface area contributed by atoms with Gasteiger partial charge in [0.2, 0.25) is 0 Å². The number of hydrogen-bond donors (Lipinski definition) is 1. The largest absolute Gasteiger partial charge is 0.477 e. The summed E-state index contributed by atoms with van der Waals surface area (Å²) < 4.78 is 7.48. The Morgan fingerprint density at radius 2 is 2.15 bits per heavy atom. The minimum absolute atomic E-state index is 0.283. The van der Waals surface area contributed by atoms with Crippen molar-refractivity contribution in [1.29, 1.82) is 0 Å². The maximum absolute atomic E-state index is 11.1. The first-order chi connectivity index (χ1) is 9.58. The predicted molar refractivity (Wildman–Crippen MR) is 77.2 cm³/mol. The Kier molecular flexibility index (Phi) is 5.20. The molecule has 1 aromatic rings. The quantitative estimate of drug-likeness (QED) is 0.868. The van der Waals surface area contributed by atoms with Gasteiger partial charge in [0.1, 0.15) is 5.69 Å². The van der Waals surface area contributed by atoms with Gasteiger partial charge in [-0.05, 0) is 38.8 Å². The summed E-state index contributed by atoms with van der Waals surface area (Å²) in [5.74, 6) is -0.845. The van der Waals surface area contributed by atoms with Crippen molar-refractivity contribution >= 4 is 5.97 Å². The predicted octanol–water partition coefficient (Wildman–Crippen LogP) is 2.25. The van der Waals surface area contributed by atoms with Crippen molar-refractivity contribution < 1.29 is 14.6 Å². The second-order valence-electron chi connectivity index (χ2n) is 5.60. The first kappa shape index (κ1) is 15.1. The lowest BCUT2D eigenvalue weighted by Crippen LogP contribution is -2.37. The van der Waals surface area contributed by atoms with Crippen molar-refractivity contribution in [2.45, 2.75) is 38.8 Å². The number of likely N-dealkylation sites (tertiary alicyclic amines) is 1. The molecule has 0 radical (unpaired) electrons. The molecule has 0 atom stereocenters. The molecule has 0 bridgehead atoms. The highest BCUT2D eigenvalue weighted by Gasteiger charge is 2.23. The van der Waals surface area contributed by atoms with E-state index in [-0.39, 0.29) is 6.10 Å². The van der Waals surface area contributed by atoms with E-state index in [4.69, 9.17) is 9.84 Å². The van der Waals surface area contributed by atoms with Crippen molar-refractivity contribution in [3.05, 3.63) is 24.0 Å². The number of rotatable bonds is 6. The van der Waals surface area contributed by atoms with E-state index in [0.29, 0.717) is 11.7 Å². The Labute approximate surface area is 120 Å². The van der Waals surface area contributed by atoms with Crippen LogP contribution < -0.4 is 0 Å². The zero-order valence-electron chi connectivity index (χ0n) is 12.3. The maximum atomic E-state index is 11.1. The van der Waals surface area contributed by atoms with Crippen LogP contribution in [0, 0.1) is 0 Å². The van der Waals surface area contributed by atoms with Crippen LogP contribution in [0.2, 0.25) is 0 Å². The molecule has 1 aliphatic heterocycles. The molecule has 0 unspecified atom stereocenters. The van der Waals surface area contributed by atoms with Crippen LogP contribution in [-0.4, -0.2) is 52.9 Å². The van der Waals surface area contributed by atoms with E-state index >= 15 is 0 Å². The van der Waals surface area contributed by atoms with E-state index in [1.807, 2.05) is 30.7 Å². The van der Waals surface area contributed by atoms with Gasteiger partial charge < -0.3 is 19.3 Å². The number of carboxylic acids is 1. The highest BCUT2D eigenvalue weighted by Crippen LogP contribution is 2.24. The third kappa shape index (κ3) is 3.84. The molecule has 5 heteroatoms. The Bertz CT molecular complexity index is 434. The number of carboxylic acid groups (broad SMARTS) is 1. The zero-order chi connectivity index (χ0) is 14.5. The molecule has 20 heavy (non-hydrogen) atoms. The summed E-state index contributed by atoms with van der Waals surface area (Å²) in [7, 11) is 0. The van der Waals surface area contributed by atoms with E-state index in [2.05, 4.69) is 4.90 Å². The first-order valence-corrected chi connectivity index (χ1v) is 7.32. The number of piperidine rings is 1. The molecular weight excluding hydrogens is 256 g/mol. The van der Waals surface area contributed by atoms with Crippen LogP contribution in [0.5, 0.6) is 0 Å². The average Bonchev–Trinajstić information content (AvgIpc) is 2.88. The summed E-state index contributed by atoms with van der Waals surface area (Å²) in [6.45, 7) is 7.83. The molecule has 0 aromatic carbocycles. The van der Waals surface area contributed by atoms with E-state index in [0.717, 1.165) is 39.1 Å². The van der Waals surface area contributed by atoms with Gasteiger partial charge in [-0.3, -0.25) is 0 Å². The van der Waals surface area contributed by atoms with E-state index in [1.54, 1.807) is 6.07 Å². The second-order valence-corrected chi connectivity index (χ2v) is 5.60. The lowest BCUT2D eigenvalue weighted by Gasteiger charge is -2.33. The van der Waals surface area contributed by atoms with Crippen LogP contribution >= 0.6 is 0 Å². The Morgan fingerprint density at radius 3 is 2.75 bits per heavy atom. The van der Waals surface area contributed by atoms with Crippen LogP contribution in [0.4, 0.5) is 0 Å². The molecule has 1 aliphatic rings. The zero-order valence-corrected chi connectivity index (χ0v) is 12.3. The molecule has 112 valence electrons. The molecule has 0 aliphatic carbocycles. The van der Waals surface area contributed by atoms with Gasteiger partial charge in [0.05, 0.1) is 12.7 Å². The van der Waals surface area contributed by atoms with Gasteiger partial charge in [-0.15, -0.1) is 0 Å². The molecular formula is C15H24N2O3. The lowest BCUT2D eigenvalue weighted by atomic mass is 10.0. The lowest BCUT2D eigenvalue weighted by molar-refractivity contribution is 0.0509. The SMILES string of the molecule is CC(C)OCCN1CCC(n2cccc2C(=O)O)CC1. The fourth-order valence-corrected chi connectivity index (χ4v) is 2.73. The van der Waals surface area contributed by atoms with Crippen LogP contribution in [-0.2, 0) is 4.74 Å². The average molecular weight is 280 g/mol. The van der Waals surface area contributed by atoms with Gasteiger partial charge >= 0.3 is 5.97 Å². The van der Waals surface area contributed by atoms with Crippen LogP contribution in [0.15, 0.2) is 18.3 Å². The van der Waals surface area contributed by atoms with Crippen LogP contribution in [0.25, 0.3) is 0 Å². The summed E-state index contributed by atoms with van der Waals surface area (Å²) in [6.07, 6.45) is 4.16. The number of ether oxygens (including phenoxy) is 1. The second kappa shape index (κ2) is 6.90. The van der Waals surface area contributed by atoms with E-state index in [1.165, 1.54) is 0 Å². The molecule has 0 saturated carbocycles. The van der Waals surface area contributed by atoms with Crippen molar-refractivity contribution in [2.24, 2.45) is 0 Å². The fraction of sp³-hybridized carbons (Fsp3) is 0.667. The molecule has 1 fully saturated rings. The minimum atomic E-state index is -0.845. The van der Waals surface area contributed by atoms with Gasteiger partial charge in [0.25, 0.3) is 0 Å². The van der Waals surface area contributed by atoms with E-state index < -0.39 is 5.97 Å². The van der Waals surface area contributed by atoms with Crippen LogP contribution in [0.1, 0.15) is 43.2 Å². The molecule has 2 heterocycles. The summed E-state index contributed by atoms with van der Waals surface area (Å²) in [5, 5.41) is 9.16. The topological polar surface area (TPSA) is 54.7 Å². The van der Waals surface area contributed by atoms with Crippen molar-refractivity contribution in [3.8, 4) is 0 Å². The molecule has 1 aromatic heterocycles. The molecule has 1 saturated heterocycles. The molecule has 1 N–H and O–H groups in total. The number of aromatic nitrogens is 1. The van der Waals surface area contributed by atoms with Gasteiger partial charge in [-0.1, -0.05) is 0 Å². The minimum Gasteiger partial charge on any atom is -0.477 e. The standard InChI is InChI=1S/C15H24N2O3/c1-12(2)20-11-10-16-8-5-13(6-9-16)17-7-3-4-14(17)15(18)19/h3-4,7,12-13H,5-6,8-11H2,1-2H3,(H,18,19). The number of hydrogen-bond acceptors (Lipinski definition) is 3. The monoisotopic (exact) mass is 280 g/mol. The Balaban J connectivity index is 1.82. The first-order valence-electron chi connectivity index (χ1n) is 7.32. The van der Waals surface area contributed by atoms with Gasteiger partial charge in [-0.2, -0.15) is 0 Å². The van der Waals surface area contributed by atoms with E-state index in [9.17, 15) is 4.79 Å². The van der Waals surface area contributed by atoms with Crippen molar-refractivity contribution in [2.75, 3.05) is 26.2 Å². The number of aromatic carboxylic acids is 1. The normalized spacial score (nSPS) is 17.8. The molecule has 2 rings (SSSR count). The number of carbonyl (C=O) groups is 1. The highest BCUT2D eigenvalue weighted by atomic mass is 16.5. The summed E-state index contributed by atoms with van der Waals surface area (Å²) in [4.78, 5) is 13.5. The van der Waals surface area contributed by atoms with Gasteiger partial charge in [0.15, 0.2) is 0 Å². The summed E-state index contributed by atoms with van der Waals surface area (Å²) >= 11 is 0. The van der Waals surface area contributed by atoms with Gasteiger partial charge in [-0.25, -0.2) is 4.79 Å². The van der Waals surface area contributed by atoms with Crippen molar-refractivity contribution in [3.63, 3.8) is 0 Å². The molecule has 5 nitrogen and oxygen atoms in total. The third-order valence-electron chi connectivity index (χ3n) is 3.81. The van der Waals surface area contributed by atoms with Crippen molar-refractivity contribution in [1.82, 2.24) is 9.47 Å². The third-order valence-corrected chi connectivity index (χ3v) is 3.81. The fourth-order valence-electron chi connectivity index (χ4n) is 2.73. The molecule has 0 spiro atoms. The molecule has 0 amide bonds. The maximum Gasteiger partial charge on any atom is 0.352 e. The number of nitrogens with zero attached hydrogens (tertiary/aromatic N) is 2. The van der Waals surface area contributed by atoms with Gasteiger partial charge in [0, 0.05) is 31.9 Å². The summed E-state index contributed by atoms with van der Waals surface area (Å²) in [6, 6.07) is 3.79. The van der Waals surface area contributed by atoms with Crippen LogP contribution in [0.3, 0.4) is 0 Å². The summed E-state index contributed by atoms with van der Waals surface area (Å²) in [5.41, 5.74) is 0.395. The highest BCUT2D eigenvalue weighted by molar-refractivity contribution is 5.85. The smallest absolute Gasteiger partial charge is 0.352 e. The Morgan fingerprint density at radius 1 is 1.45 bits per heavy atom. The Hall–Kier alpha value is -1.33.